The van der Waals surface area contributed by atoms with Gasteiger partial charge in [-0.3, -0.25) is 0 Å². The number of carbonyl (C=O) groups excluding carboxylic acids is 1. The molecule has 6 nitrogen and oxygen atoms in total. The van der Waals surface area contributed by atoms with E-state index in [1.54, 1.807) is 6.92 Å². The molecule has 0 heterocycles. The zero-order valence-corrected chi connectivity index (χ0v) is 15.9. The number of urea groups is 1. The summed E-state index contributed by atoms with van der Waals surface area (Å²) in [6.45, 7) is 2.08. The average Bonchev–Trinajstić information content (AvgIpc) is 2.46. The van der Waals surface area contributed by atoms with Crippen molar-refractivity contribution >= 4 is 60.3 Å². The molecular formula is C15H13Cl3N2O4S. The summed E-state index contributed by atoms with van der Waals surface area (Å²) in [5, 5.41) is 5.76. The lowest BCUT2D eigenvalue weighted by Crippen LogP contribution is -2.20. The Balaban J connectivity index is 2.26. The van der Waals surface area contributed by atoms with Gasteiger partial charge in [0.1, 0.15) is 5.75 Å². The molecule has 10 heteroatoms. The Morgan fingerprint density at radius 2 is 1.72 bits per heavy atom. The van der Waals surface area contributed by atoms with Crippen LogP contribution >= 0.6 is 33.9 Å². The van der Waals surface area contributed by atoms with Gasteiger partial charge in [0.05, 0.1) is 17.2 Å². The quantitative estimate of drug-likeness (QED) is 0.665. The molecule has 2 N–H and O–H groups in total. The van der Waals surface area contributed by atoms with Crippen molar-refractivity contribution in [2.45, 2.75) is 11.8 Å². The zero-order chi connectivity index (χ0) is 18.6. The Kier molecular flexibility index (Phi) is 6.40. The van der Waals surface area contributed by atoms with Crippen LogP contribution in [-0.4, -0.2) is 21.1 Å². The van der Waals surface area contributed by atoms with Gasteiger partial charge < -0.3 is 15.4 Å². The van der Waals surface area contributed by atoms with Gasteiger partial charge in [-0.05, 0) is 43.3 Å². The first-order chi connectivity index (χ1) is 11.7. The van der Waals surface area contributed by atoms with Crippen LogP contribution in [0, 0.1) is 0 Å². The largest absolute Gasteiger partial charge is 0.492 e. The molecule has 2 amide bonds. The molecule has 0 atom stereocenters. The van der Waals surface area contributed by atoms with Gasteiger partial charge in [0.2, 0.25) is 0 Å². The van der Waals surface area contributed by atoms with Crippen molar-refractivity contribution in [2.24, 2.45) is 0 Å². The lowest BCUT2D eigenvalue weighted by atomic mass is 10.3. The number of amides is 2. The number of hydrogen-bond acceptors (Lipinski definition) is 4. The van der Waals surface area contributed by atoms with Crippen molar-refractivity contribution < 1.29 is 17.9 Å². The first-order valence-corrected chi connectivity index (χ1v) is 10.0. The van der Waals surface area contributed by atoms with Crippen LogP contribution in [0.4, 0.5) is 16.2 Å². The molecule has 0 radical (unpaired) electrons. The van der Waals surface area contributed by atoms with E-state index in [1.807, 2.05) is 0 Å². The maximum Gasteiger partial charge on any atom is 0.323 e. The van der Waals surface area contributed by atoms with Crippen LogP contribution in [0.25, 0.3) is 0 Å². The lowest BCUT2D eigenvalue weighted by Gasteiger charge is -2.13. The number of rotatable bonds is 5. The van der Waals surface area contributed by atoms with Gasteiger partial charge in [0.25, 0.3) is 9.05 Å². The summed E-state index contributed by atoms with van der Waals surface area (Å²) in [4.78, 5) is 12.0. The maximum absolute atomic E-state index is 12.2. The molecule has 0 aromatic heterocycles. The second-order valence-corrected chi connectivity index (χ2v) is 8.20. The van der Waals surface area contributed by atoms with E-state index in [-0.39, 0.29) is 10.6 Å². The first kappa shape index (κ1) is 19.7. The van der Waals surface area contributed by atoms with Crippen molar-refractivity contribution in [3.63, 3.8) is 0 Å². The lowest BCUT2D eigenvalue weighted by molar-refractivity contribution is 0.262. The van der Waals surface area contributed by atoms with Gasteiger partial charge >= 0.3 is 6.03 Å². The van der Waals surface area contributed by atoms with Gasteiger partial charge in [-0.25, -0.2) is 13.2 Å². The summed E-state index contributed by atoms with van der Waals surface area (Å²) in [7, 11) is 1.38. The molecule has 0 aliphatic rings. The molecule has 2 aromatic rings. The predicted molar refractivity (Wildman–Crippen MR) is 99.8 cm³/mol. The van der Waals surface area contributed by atoms with Crippen molar-refractivity contribution in [3.8, 4) is 5.75 Å². The third-order valence-electron chi connectivity index (χ3n) is 2.90. The molecule has 134 valence electrons. The zero-order valence-electron chi connectivity index (χ0n) is 12.8. The number of hydrogen-bond donors (Lipinski definition) is 2. The number of carbonyl (C=O) groups is 1. The van der Waals surface area contributed by atoms with Crippen molar-refractivity contribution in [1.82, 2.24) is 0 Å². The highest BCUT2D eigenvalue weighted by Gasteiger charge is 2.15. The molecule has 25 heavy (non-hydrogen) atoms. The third kappa shape index (κ3) is 5.67. The van der Waals surface area contributed by atoms with Crippen LogP contribution in [0.2, 0.25) is 10.0 Å². The van der Waals surface area contributed by atoms with Gasteiger partial charge in [0, 0.05) is 26.4 Å². The van der Waals surface area contributed by atoms with Crippen LogP contribution < -0.4 is 15.4 Å². The van der Waals surface area contributed by atoms with Gasteiger partial charge in [-0.15, -0.1) is 0 Å². The number of benzene rings is 2. The fourth-order valence-corrected chi connectivity index (χ4v) is 3.25. The van der Waals surface area contributed by atoms with Crippen LogP contribution in [0.1, 0.15) is 6.92 Å². The minimum absolute atomic E-state index is 0.147. The average molecular weight is 424 g/mol. The van der Waals surface area contributed by atoms with Gasteiger partial charge in [-0.2, -0.15) is 0 Å². The van der Waals surface area contributed by atoms with Crippen LogP contribution in [0.3, 0.4) is 0 Å². The normalized spacial score (nSPS) is 11.0. The van der Waals surface area contributed by atoms with E-state index < -0.39 is 15.1 Å². The molecule has 2 aromatic carbocycles. The number of anilines is 2. The summed E-state index contributed by atoms with van der Waals surface area (Å²) in [5.41, 5.74) is 0.517. The maximum atomic E-state index is 12.2. The van der Waals surface area contributed by atoms with E-state index in [0.717, 1.165) is 0 Å². The summed E-state index contributed by atoms with van der Waals surface area (Å²) < 4.78 is 28.3. The molecule has 0 aliphatic carbocycles. The molecule has 0 fully saturated rings. The second-order valence-electron chi connectivity index (χ2n) is 4.77. The molecule has 0 unspecified atom stereocenters. The Labute approximate surface area is 159 Å². The van der Waals surface area contributed by atoms with Crippen LogP contribution in [-0.2, 0) is 9.05 Å². The summed E-state index contributed by atoms with van der Waals surface area (Å²) >= 11 is 11.7. The minimum atomic E-state index is -3.95. The highest BCUT2D eigenvalue weighted by Crippen LogP contribution is 2.30. The SMILES string of the molecule is CCOc1ccc(S(=O)(=O)Cl)cc1NC(=O)Nc1cc(Cl)cc(Cl)c1. The van der Waals surface area contributed by atoms with E-state index in [4.69, 9.17) is 38.6 Å². The highest BCUT2D eigenvalue weighted by atomic mass is 35.7. The fraction of sp³-hybridized carbons (Fsp3) is 0.133. The summed E-state index contributed by atoms with van der Waals surface area (Å²) in [6.07, 6.45) is 0. The van der Waals surface area contributed by atoms with Crippen molar-refractivity contribution in [3.05, 3.63) is 46.4 Å². The van der Waals surface area contributed by atoms with Crippen molar-refractivity contribution in [1.29, 1.82) is 0 Å². The predicted octanol–water partition coefficient (Wildman–Crippen LogP) is 4.96. The Morgan fingerprint density at radius 3 is 2.28 bits per heavy atom. The molecule has 0 aliphatic heterocycles. The Hall–Kier alpha value is -1.67. The first-order valence-electron chi connectivity index (χ1n) is 6.94. The van der Waals surface area contributed by atoms with E-state index in [0.29, 0.717) is 28.1 Å². The van der Waals surface area contributed by atoms with Crippen LogP contribution in [0.15, 0.2) is 41.3 Å². The third-order valence-corrected chi connectivity index (χ3v) is 4.69. The monoisotopic (exact) mass is 422 g/mol. The minimum Gasteiger partial charge on any atom is -0.492 e. The Morgan fingerprint density at radius 1 is 1.08 bits per heavy atom. The molecule has 2 rings (SSSR count). The summed E-state index contributed by atoms with van der Waals surface area (Å²) in [6, 6.07) is 7.80. The molecule has 0 bridgehead atoms. The topological polar surface area (TPSA) is 84.5 Å². The highest BCUT2D eigenvalue weighted by molar-refractivity contribution is 8.13. The Bertz CT molecular complexity index is 883. The standard InChI is InChI=1S/C15H13Cl3N2O4S/c1-2-24-14-4-3-12(25(18,22)23)8-13(14)20-15(21)19-11-6-9(16)5-10(17)7-11/h3-8H,2H2,1H3,(H2,19,20,21). The van der Waals surface area contributed by atoms with E-state index >= 15 is 0 Å². The fourth-order valence-electron chi connectivity index (χ4n) is 1.95. The number of halogens is 3. The second kappa shape index (κ2) is 8.14. The molecule has 0 spiro atoms. The molecule has 0 saturated carbocycles. The van der Waals surface area contributed by atoms with E-state index in [1.165, 1.54) is 36.4 Å². The number of ether oxygens (including phenoxy) is 1. The van der Waals surface area contributed by atoms with Gasteiger partial charge in [0.15, 0.2) is 0 Å². The molecular weight excluding hydrogens is 411 g/mol. The summed E-state index contributed by atoms with van der Waals surface area (Å²) in [5.74, 6) is 0.297. The van der Waals surface area contributed by atoms with Crippen LogP contribution in [0.5, 0.6) is 5.75 Å². The van der Waals surface area contributed by atoms with Gasteiger partial charge in [-0.1, -0.05) is 23.2 Å². The smallest absolute Gasteiger partial charge is 0.323 e. The van der Waals surface area contributed by atoms with E-state index in [2.05, 4.69) is 10.6 Å². The number of nitrogens with one attached hydrogen (secondary N) is 2. The van der Waals surface area contributed by atoms with Crippen molar-refractivity contribution in [2.75, 3.05) is 17.2 Å². The molecule has 0 saturated heterocycles. The van der Waals surface area contributed by atoms with E-state index in [9.17, 15) is 13.2 Å².